The zero-order valence-electron chi connectivity index (χ0n) is 20.8. The smallest absolute Gasteiger partial charge is 0.186 e. The Kier molecular flexibility index (Phi) is 7.90. The molecule has 2 heterocycles. The average molecular weight is 561 g/mol. The monoisotopic (exact) mass is 561 g/mol. The Hall–Kier alpha value is -3.89. The van der Waals surface area contributed by atoms with Crippen LogP contribution in [-0.4, -0.2) is 28.8 Å². The number of para-hydroxylation sites is 2. The van der Waals surface area contributed by atoms with E-state index in [4.69, 9.17) is 16.4 Å². The summed E-state index contributed by atoms with van der Waals surface area (Å²) in [6, 6.07) is 34.1. The first kappa shape index (κ1) is 25.8. The second kappa shape index (κ2) is 11.7. The maximum atomic E-state index is 5.68. The van der Waals surface area contributed by atoms with Crippen LogP contribution in [0.15, 0.2) is 101 Å². The van der Waals surface area contributed by atoms with Gasteiger partial charge in [0.05, 0.1) is 17.1 Å². The van der Waals surface area contributed by atoms with Gasteiger partial charge >= 0.3 is 0 Å². The molecular formula is C34H22N3Y-. The summed E-state index contributed by atoms with van der Waals surface area (Å²) >= 11 is 0. The van der Waals surface area contributed by atoms with Gasteiger partial charge in [-0.3, -0.25) is 4.99 Å². The number of rotatable bonds is 4. The van der Waals surface area contributed by atoms with Crippen LogP contribution in [0.5, 0.6) is 0 Å². The van der Waals surface area contributed by atoms with Crippen LogP contribution >= 0.6 is 0 Å². The van der Waals surface area contributed by atoms with Crippen LogP contribution in [0, 0.1) is 30.3 Å². The summed E-state index contributed by atoms with van der Waals surface area (Å²) in [4.78, 5) is 9.71. The molecule has 0 fully saturated rings. The summed E-state index contributed by atoms with van der Waals surface area (Å²) < 4.78 is 1.82. The van der Waals surface area contributed by atoms with Crippen molar-refractivity contribution in [2.75, 3.05) is 6.54 Å². The fourth-order valence-electron chi connectivity index (χ4n) is 4.63. The predicted molar refractivity (Wildman–Crippen MR) is 150 cm³/mol. The van der Waals surface area contributed by atoms with Crippen molar-refractivity contribution in [1.82, 2.24) is 0 Å². The molecule has 177 valence electrons. The Morgan fingerprint density at radius 3 is 2.42 bits per heavy atom. The molecule has 1 radical (unpaired) electrons. The minimum absolute atomic E-state index is 0. The topological polar surface area (TPSA) is 27.7 Å². The fraction of sp³-hybridized carbons (Fsp3) is 0.0882. The van der Waals surface area contributed by atoms with E-state index in [2.05, 4.69) is 54.3 Å². The molecule has 2 aliphatic rings. The summed E-state index contributed by atoms with van der Waals surface area (Å²) in [5.41, 5.74) is 10.2. The number of aliphatic imine (C=N–C) groups is 2. The van der Waals surface area contributed by atoms with Crippen molar-refractivity contribution >= 4 is 34.7 Å². The second-order valence-electron chi connectivity index (χ2n) is 8.88. The normalized spacial score (nSPS) is 13.2. The zero-order chi connectivity index (χ0) is 25.0. The van der Waals surface area contributed by atoms with Crippen LogP contribution in [0.25, 0.3) is 0 Å². The van der Waals surface area contributed by atoms with Crippen molar-refractivity contribution in [3.05, 3.63) is 125 Å². The summed E-state index contributed by atoms with van der Waals surface area (Å²) in [7, 11) is 0. The molecule has 3 nitrogen and oxygen atoms in total. The van der Waals surface area contributed by atoms with Gasteiger partial charge in [0.15, 0.2) is 12.8 Å². The standard InChI is InChI=1S/C34H22N3.Y/c1-2-20-37(30-18-9-15-27(22-30)33-23-28-13-6-7-19-31(28)35-33)21-10-17-26-14-8-16-29-24-32(36-34(26)29)25-11-4-3-5-12-25;/h1,3-9,11-16,18-19H,20,23-24H2;/q-1;. The molecule has 0 amide bonds. The molecule has 0 aliphatic carbocycles. The molecule has 0 saturated heterocycles. The van der Waals surface area contributed by atoms with E-state index in [9.17, 15) is 0 Å². The largest absolute Gasteiger partial charge is 0.302 e. The molecule has 6 rings (SSSR count). The van der Waals surface area contributed by atoms with Gasteiger partial charge in [0.25, 0.3) is 0 Å². The second-order valence-corrected chi connectivity index (χ2v) is 8.88. The van der Waals surface area contributed by atoms with Crippen LogP contribution in [0.1, 0.15) is 27.8 Å². The van der Waals surface area contributed by atoms with Crippen LogP contribution in [0.2, 0.25) is 0 Å². The predicted octanol–water partition coefficient (Wildman–Crippen LogP) is 6.11. The first-order valence-electron chi connectivity index (χ1n) is 12.2. The van der Waals surface area contributed by atoms with Crippen LogP contribution in [0.3, 0.4) is 0 Å². The van der Waals surface area contributed by atoms with Gasteiger partial charge < -0.3 is 9.57 Å². The van der Waals surface area contributed by atoms with Crippen molar-refractivity contribution in [1.29, 1.82) is 0 Å². The van der Waals surface area contributed by atoms with Gasteiger partial charge in [-0.05, 0) is 46.4 Å². The van der Waals surface area contributed by atoms with Gasteiger partial charge in [0.1, 0.15) is 0 Å². The summed E-state index contributed by atoms with van der Waals surface area (Å²) in [5, 5.41) is 0. The molecule has 0 bridgehead atoms. The van der Waals surface area contributed by atoms with Crippen LogP contribution < -0.4 is 0 Å². The quantitative estimate of drug-likeness (QED) is 0.124. The van der Waals surface area contributed by atoms with E-state index < -0.39 is 0 Å². The first-order chi connectivity index (χ1) is 18.3. The van der Waals surface area contributed by atoms with E-state index in [-0.39, 0.29) is 32.7 Å². The molecule has 4 heteroatoms. The third kappa shape index (κ3) is 5.37. The minimum atomic E-state index is 0. The molecule has 0 spiro atoms. The zero-order valence-corrected chi connectivity index (χ0v) is 23.6. The Balaban J connectivity index is 0.00000294. The van der Waals surface area contributed by atoms with E-state index in [0.717, 1.165) is 58.0 Å². The number of fused-ring (bicyclic) bond motifs is 2. The molecule has 0 unspecified atom stereocenters. The fourth-order valence-corrected chi connectivity index (χ4v) is 4.63. The van der Waals surface area contributed by atoms with Gasteiger partial charge in [0.2, 0.25) is 0 Å². The van der Waals surface area contributed by atoms with Gasteiger partial charge in [-0.1, -0.05) is 66.7 Å². The van der Waals surface area contributed by atoms with Crippen molar-refractivity contribution in [2.24, 2.45) is 9.98 Å². The minimum Gasteiger partial charge on any atom is -0.302 e. The Morgan fingerprint density at radius 2 is 1.58 bits per heavy atom. The van der Waals surface area contributed by atoms with E-state index in [1.165, 1.54) is 11.1 Å². The molecule has 0 aromatic heterocycles. The molecule has 4 aromatic rings. The maximum Gasteiger partial charge on any atom is 0.186 e. The van der Waals surface area contributed by atoms with Gasteiger partial charge in [-0.25, -0.2) is 5.92 Å². The average Bonchev–Trinajstić information content (AvgIpc) is 3.58. The third-order valence-corrected chi connectivity index (χ3v) is 6.46. The van der Waals surface area contributed by atoms with Crippen LogP contribution in [-0.2, 0) is 45.6 Å². The molecule has 0 atom stereocenters. The van der Waals surface area contributed by atoms with Crippen LogP contribution in [0.4, 0.5) is 17.1 Å². The summed E-state index contributed by atoms with van der Waals surface area (Å²) in [6.07, 6.45) is 10.4. The molecule has 38 heavy (non-hydrogen) atoms. The van der Waals surface area contributed by atoms with Crippen molar-refractivity contribution < 1.29 is 37.3 Å². The molecule has 4 aromatic carbocycles. The molecular weight excluding hydrogens is 539 g/mol. The molecule has 0 N–H and O–H groups in total. The van der Waals surface area contributed by atoms with Crippen molar-refractivity contribution in [3.8, 4) is 24.2 Å². The summed E-state index contributed by atoms with van der Waals surface area (Å²) in [6.45, 7) is 0.338. The number of benzene rings is 4. The van der Waals surface area contributed by atoms with E-state index >= 15 is 0 Å². The van der Waals surface area contributed by atoms with Gasteiger partial charge in [-0.2, -0.15) is 6.07 Å². The Bertz CT molecular complexity index is 1710. The van der Waals surface area contributed by atoms with E-state index in [0.29, 0.717) is 6.54 Å². The Morgan fingerprint density at radius 1 is 0.816 bits per heavy atom. The number of hydrogen-bond acceptors (Lipinski definition) is 2. The molecule has 2 aliphatic heterocycles. The Labute approximate surface area is 249 Å². The first-order valence-corrected chi connectivity index (χ1v) is 12.2. The number of hydrogen-bond donors (Lipinski definition) is 0. The van der Waals surface area contributed by atoms with Crippen molar-refractivity contribution in [2.45, 2.75) is 12.8 Å². The van der Waals surface area contributed by atoms with E-state index in [1.54, 1.807) is 0 Å². The van der Waals surface area contributed by atoms with Crippen molar-refractivity contribution in [3.63, 3.8) is 0 Å². The van der Waals surface area contributed by atoms with Gasteiger partial charge in [0, 0.05) is 44.8 Å². The SMILES string of the molecule is C#CC[N+](=[C-]C#Cc1cccc2c1N=C(c1ccccc1)C2)c1[c-]c(C2=Nc3ccccc3C2)ccc1.[Y]. The van der Waals surface area contributed by atoms with Gasteiger partial charge in [-0.15, -0.1) is 36.1 Å². The summed E-state index contributed by atoms with van der Waals surface area (Å²) in [5.74, 6) is 9.03. The number of nitrogens with zero attached hydrogens (tertiary/aromatic N) is 3. The number of terminal acetylenes is 1. The third-order valence-electron chi connectivity index (χ3n) is 6.46. The maximum absolute atomic E-state index is 5.68. The molecule has 0 saturated carbocycles. The van der Waals surface area contributed by atoms with E-state index in [1.807, 2.05) is 71.3 Å².